The predicted octanol–water partition coefficient (Wildman–Crippen LogP) is 2.98. The second kappa shape index (κ2) is 7.60. The highest BCUT2D eigenvalue weighted by Crippen LogP contribution is 2.42. The standard InChI is InChI=1S/C22H26ClF2N5O2/c23-19-17(25)18-15(7-26-19)20(29-8-12-4-13(9-29)16(31)5-12)28-21(27-18)32-11-22-2-1-3-30(22)10-14(24)6-22/h7,12-14,16,31H,1-6,8-11H2/t12?,13?,14-,16?,22+/m1/s1. The lowest BCUT2D eigenvalue weighted by atomic mass is 9.95. The van der Waals surface area contributed by atoms with E-state index in [0.717, 1.165) is 38.8 Å². The molecule has 32 heavy (non-hydrogen) atoms. The monoisotopic (exact) mass is 465 g/mol. The molecule has 10 heteroatoms. The molecular formula is C22H26ClF2N5O2. The number of aliphatic hydroxyl groups excluding tert-OH is 1. The van der Waals surface area contributed by atoms with Crippen LogP contribution in [0.15, 0.2) is 6.20 Å². The highest BCUT2D eigenvalue weighted by Gasteiger charge is 2.49. The Balaban J connectivity index is 1.35. The zero-order valence-electron chi connectivity index (χ0n) is 17.7. The van der Waals surface area contributed by atoms with Crippen LogP contribution < -0.4 is 9.64 Å². The quantitative estimate of drug-likeness (QED) is 0.696. The summed E-state index contributed by atoms with van der Waals surface area (Å²) in [5, 5.41) is 10.5. The molecule has 1 aliphatic carbocycles. The Hall–Kier alpha value is -1.84. The minimum atomic E-state index is -0.857. The number of fused-ring (bicyclic) bond motifs is 4. The largest absolute Gasteiger partial charge is 0.461 e. The Morgan fingerprint density at radius 3 is 2.97 bits per heavy atom. The summed E-state index contributed by atoms with van der Waals surface area (Å²) in [7, 11) is 0. The number of halogens is 3. The summed E-state index contributed by atoms with van der Waals surface area (Å²) in [6.07, 6.45) is 4.39. The van der Waals surface area contributed by atoms with Crippen molar-refractivity contribution in [3.05, 3.63) is 17.2 Å². The van der Waals surface area contributed by atoms with Crippen molar-refractivity contribution >= 4 is 28.3 Å². The average molecular weight is 466 g/mol. The number of aliphatic hydroxyl groups is 1. The number of nitrogens with zero attached hydrogens (tertiary/aromatic N) is 5. The van der Waals surface area contributed by atoms with E-state index in [0.29, 0.717) is 36.6 Å². The molecule has 1 saturated carbocycles. The average Bonchev–Trinajstić information content (AvgIpc) is 3.38. The SMILES string of the molecule is OC1CC2CC1CN(c1nc(OC[C@@]34CCCN3C[C@H](F)C4)nc3c(F)c(Cl)ncc13)C2. The first-order valence-electron chi connectivity index (χ1n) is 11.4. The fourth-order valence-electron chi connectivity index (χ4n) is 6.36. The molecule has 3 saturated heterocycles. The van der Waals surface area contributed by atoms with Crippen LogP contribution in [0.25, 0.3) is 10.9 Å². The number of pyridine rings is 1. The van der Waals surface area contributed by atoms with Crippen LogP contribution >= 0.6 is 11.6 Å². The van der Waals surface area contributed by atoms with Gasteiger partial charge in [-0.2, -0.15) is 9.97 Å². The van der Waals surface area contributed by atoms with E-state index >= 15 is 0 Å². The Morgan fingerprint density at radius 2 is 2.12 bits per heavy atom. The van der Waals surface area contributed by atoms with Crippen molar-refractivity contribution in [2.24, 2.45) is 11.8 Å². The third kappa shape index (κ3) is 3.31. The van der Waals surface area contributed by atoms with Gasteiger partial charge in [-0.3, -0.25) is 4.90 Å². The Bertz CT molecular complexity index is 1060. The number of hydrogen-bond donors (Lipinski definition) is 1. The van der Waals surface area contributed by atoms with Crippen molar-refractivity contribution in [3.8, 4) is 6.01 Å². The lowest BCUT2D eigenvalue weighted by molar-refractivity contribution is 0.107. The highest BCUT2D eigenvalue weighted by atomic mass is 35.5. The summed E-state index contributed by atoms with van der Waals surface area (Å²) >= 11 is 5.94. The van der Waals surface area contributed by atoms with Crippen molar-refractivity contribution in [2.45, 2.75) is 49.9 Å². The molecule has 7 nitrogen and oxygen atoms in total. The normalized spacial score (nSPS) is 34.4. The van der Waals surface area contributed by atoms with Crippen LogP contribution in [0.5, 0.6) is 6.01 Å². The second-order valence-electron chi connectivity index (χ2n) is 9.89. The minimum absolute atomic E-state index is 0.0654. The smallest absolute Gasteiger partial charge is 0.319 e. The molecule has 2 aromatic rings. The first-order chi connectivity index (χ1) is 15.4. The van der Waals surface area contributed by atoms with Crippen molar-refractivity contribution in [1.29, 1.82) is 0 Å². The maximum absolute atomic E-state index is 14.9. The molecule has 2 bridgehead atoms. The van der Waals surface area contributed by atoms with Gasteiger partial charge in [-0.1, -0.05) is 11.6 Å². The molecule has 3 unspecified atom stereocenters. The van der Waals surface area contributed by atoms with Crippen molar-refractivity contribution in [3.63, 3.8) is 0 Å². The molecule has 5 heterocycles. The summed E-state index contributed by atoms with van der Waals surface area (Å²) in [6, 6.07) is 0.0654. The minimum Gasteiger partial charge on any atom is -0.461 e. The Morgan fingerprint density at radius 1 is 1.25 bits per heavy atom. The van der Waals surface area contributed by atoms with E-state index in [1.807, 2.05) is 0 Å². The van der Waals surface area contributed by atoms with Gasteiger partial charge in [0, 0.05) is 38.2 Å². The van der Waals surface area contributed by atoms with Gasteiger partial charge in [0.2, 0.25) is 0 Å². The molecule has 3 aliphatic heterocycles. The molecule has 0 aromatic carbocycles. The molecule has 2 aromatic heterocycles. The molecule has 0 amide bonds. The number of hydrogen-bond acceptors (Lipinski definition) is 7. The van der Waals surface area contributed by atoms with Crippen molar-refractivity contribution < 1.29 is 18.6 Å². The molecule has 4 fully saturated rings. The summed E-state index contributed by atoms with van der Waals surface area (Å²) in [5.41, 5.74) is -0.278. The van der Waals surface area contributed by atoms with Crippen LogP contribution in [0.1, 0.15) is 32.1 Å². The van der Waals surface area contributed by atoms with Gasteiger partial charge < -0.3 is 14.7 Å². The fourth-order valence-corrected chi connectivity index (χ4v) is 6.49. The van der Waals surface area contributed by atoms with Crippen molar-refractivity contribution in [1.82, 2.24) is 19.9 Å². The van der Waals surface area contributed by atoms with Gasteiger partial charge in [0.15, 0.2) is 11.0 Å². The van der Waals surface area contributed by atoms with Crippen LogP contribution in [0.4, 0.5) is 14.6 Å². The van der Waals surface area contributed by atoms with E-state index in [1.165, 1.54) is 6.20 Å². The van der Waals surface area contributed by atoms with Crippen LogP contribution in [0.3, 0.4) is 0 Å². The van der Waals surface area contributed by atoms with Gasteiger partial charge >= 0.3 is 6.01 Å². The third-order valence-corrected chi connectivity index (χ3v) is 8.08. The van der Waals surface area contributed by atoms with E-state index in [1.54, 1.807) is 0 Å². The van der Waals surface area contributed by atoms with Gasteiger partial charge in [-0.25, -0.2) is 13.8 Å². The summed E-state index contributed by atoms with van der Waals surface area (Å²) < 4.78 is 35.0. The molecule has 0 spiro atoms. The van der Waals surface area contributed by atoms with E-state index in [2.05, 4.69) is 24.8 Å². The van der Waals surface area contributed by atoms with Crippen LogP contribution in [-0.4, -0.2) is 75.6 Å². The van der Waals surface area contributed by atoms with E-state index in [-0.39, 0.29) is 40.8 Å². The fraction of sp³-hybridized carbons (Fsp3) is 0.682. The molecule has 0 radical (unpaired) electrons. The van der Waals surface area contributed by atoms with E-state index in [4.69, 9.17) is 16.3 Å². The molecule has 4 aliphatic rings. The second-order valence-corrected chi connectivity index (χ2v) is 10.2. The molecule has 6 rings (SSSR count). The third-order valence-electron chi connectivity index (χ3n) is 7.82. The number of piperidine rings is 1. The van der Waals surface area contributed by atoms with Crippen LogP contribution in [0.2, 0.25) is 5.15 Å². The number of rotatable bonds is 4. The van der Waals surface area contributed by atoms with Gasteiger partial charge in [-0.05, 0) is 38.1 Å². The zero-order chi connectivity index (χ0) is 22.0. The molecule has 1 N–H and O–H groups in total. The number of ether oxygens (including phenoxy) is 1. The summed E-state index contributed by atoms with van der Waals surface area (Å²) in [5.74, 6) is 0.378. The van der Waals surface area contributed by atoms with Crippen LogP contribution in [0, 0.1) is 17.7 Å². The van der Waals surface area contributed by atoms with E-state index < -0.39 is 12.0 Å². The number of anilines is 1. The van der Waals surface area contributed by atoms with Crippen LogP contribution in [-0.2, 0) is 0 Å². The lowest BCUT2D eigenvalue weighted by Gasteiger charge is -2.34. The highest BCUT2D eigenvalue weighted by molar-refractivity contribution is 6.30. The topological polar surface area (TPSA) is 74.6 Å². The maximum atomic E-state index is 14.9. The summed E-state index contributed by atoms with van der Waals surface area (Å²) in [4.78, 5) is 17.2. The predicted molar refractivity (Wildman–Crippen MR) is 115 cm³/mol. The molecule has 172 valence electrons. The Labute approximate surface area is 189 Å². The number of alkyl halides is 1. The van der Waals surface area contributed by atoms with Gasteiger partial charge in [0.25, 0.3) is 0 Å². The number of aromatic nitrogens is 3. The van der Waals surface area contributed by atoms with Gasteiger partial charge in [0.05, 0.1) is 17.0 Å². The maximum Gasteiger partial charge on any atom is 0.319 e. The summed E-state index contributed by atoms with van der Waals surface area (Å²) in [6.45, 7) is 2.92. The lowest BCUT2D eigenvalue weighted by Crippen LogP contribution is -2.43. The van der Waals surface area contributed by atoms with Gasteiger partial charge in [0.1, 0.15) is 24.1 Å². The molecular weight excluding hydrogens is 440 g/mol. The first-order valence-corrected chi connectivity index (χ1v) is 11.8. The first kappa shape index (κ1) is 20.7. The Kier molecular flexibility index (Phi) is 4.93. The zero-order valence-corrected chi connectivity index (χ0v) is 18.4. The van der Waals surface area contributed by atoms with Gasteiger partial charge in [-0.15, -0.1) is 0 Å². The van der Waals surface area contributed by atoms with Crippen molar-refractivity contribution in [2.75, 3.05) is 37.7 Å². The van der Waals surface area contributed by atoms with E-state index in [9.17, 15) is 13.9 Å². The molecule has 5 atom stereocenters.